The van der Waals surface area contributed by atoms with E-state index < -0.39 is 10.0 Å². The molecule has 0 aromatic heterocycles. The van der Waals surface area contributed by atoms with Crippen LogP contribution in [0.2, 0.25) is 5.02 Å². The van der Waals surface area contributed by atoms with Crippen LogP contribution in [0.1, 0.15) is 12.0 Å². The fourth-order valence-electron chi connectivity index (χ4n) is 2.84. The summed E-state index contributed by atoms with van der Waals surface area (Å²) in [5.41, 5.74) is 1.97. The fraction of sp³-hybridized carbons (Fsp3) is 0.278. The zero-order valence-electron chi connectivity index (χ0n) is 13.8. The molecule has 0 radical (unpaired) electrons. The van der Waals surface area contributed by atoms with Crippen LogP contribution in [-0.4, -0.2) is 27.4 Å². The Labute approximate surface area is 152 Å². The summed E-state index contributed by atoms with van der Waals surface area (Å²) in [6.07, 6.45) is 0.325. The highest BCUT2D eigenvalue weighted by molar-refractivity contribution is 7.89. The molecule has 1 fully saturated rings. The van der Waals surface area contributed by atoms with E-state index in [0.717, 1.165) is 11.3 Å². The molecule has 0 unspecified atom stereocenters. The molecule has 132 valence electrons. The van der Waals surface area contributed by atoms with Crippen molar-refractivity contribution in [3.63, 3.8) is 0 Å². The first-order chi connectivity index (χ1) is 11.8. The first kappa shape index (κ1) is 17.9. The summed E-state index contributed by atoms with van der Waals surface area (Å²) in [5.74, 6) is -0.0569. The summed E-state index contributed by atoms with van der Waals surface area (Å²) in [4.78, 5) is 14.1. The standard InChI is InChI=1S/C18H19ClN2O3S/c1-13-5-7-16(8-6-13)21-12-14(9-18(21)22)11-20-25(23,24)17-4-2-3-15(19)10-17/h2-8,10,14,20H,9,11-12H2,1H3/t14-/m0/s1. The van der Waals surface area contributed by atoms with Crippen LogP contribution in [0.25, 0.3) is 0 Å². The van der Waals surface area contributed by atoms with Gasteiger partial charge in [0.15, 0.2) is 0 Å². The van der Waals surface area contributed by atoms with Crippen LogP contribution in [0, 0.1) is 12.8 Å². The minimum Gasteiger partial charge on any atom is -0.312 e. The molecule has 2 aromatic carbocycles. The molecule has 0 aliphatic carbocycles. The highest BCUT2D eigenvalue weighted by atomic mass is 35.5. The molecule has 3 rings (SSSR count). The number of halogens is 1. The Morgan fingerprint density at radius 1 is 1.20 bits per heavy atom. The van der Waals surface area contributed by atoms with Crippen molar-refractivity contribution in [1.82, 2.24) is 4.72 Å². The van der Waals surface area contributed by atoms with Crippen molar-refractivity contribution in [1.29, 1.82) is 0 Å². The van der Waals surface area contributed by atoms with Crippen molar-refractivity contribution in [3.8, 4) is 0 Å². The second kappa shape index (κ2) is 7.15. The average molecular weight is 379 g/mol. The van der Waals surface area contributed by atoms with Gasteiger partial charge in [-0.3, -0.25) is 4.79 Å². The monoisotopic (exact) mass is 378 g/mol. The molecule has 1 aliphatic rings. The van der Waals surface area contributed by atoms with Gasteiger partial charge < -0.3 is 4.90 Å². The molecule has 2 aromatic rings. The molecule has 7 heteroatoms. The van der Waals surface area contributed by atoms with E-state index in [2.05, 4.69) is 4.72 Å². The predicted octanol–water partition coefficient (Wildman–Crippen LogP) is 2.98. The van der Waals surface area contributed by atoms with Gasteiger partial charge in [0.05, 0.1) is 4.90 Å². The van der Waals surface area contributed by atoms with Crippen molar-refractivity contribution < 1.29 is 13.2 Å². The van der Waals surface area contributed by atoms with Crippen LogP contribution >= 0.6 is 11.6 Å². The number of nitrogens with zero attached hydrogens (tertiary/aromatic N) is 1. The molecule has 5 nitrogen and oxygen atoms in total. The molecule has 1 aliphatic heterocycles. The molecule has 1 saturated heterocycles. The number of hydrogen-bond donors (Lipinski definition) is 1. The molecule has 1 heterocycles. The Balaban J connectivity index is 1.65. The van der Waals surface area contributed by atoms with Gasteiger partial charge in [0, 0.05) is 30.2 Å². The average Bonchev–Trinajstić information content (AvgIpc) is 2.95. The van der Waals surface area contributed by atoms with Gasteiger partial charge in [-0.25, -0.2) is 13.1 Å². The lowest BCUT2D eigenvalue weighted by Gasteiger charge is -2.17. The molecule has 25 heavy (non-hydrogen) atoms. The summed E-state index contributed by atoms with van der Waals surface area (Å²) in [6, 6.07) is 13.8. The fourth-order valence-corrected chi connectivity index (χ4v) is 4.25. The molecule has 0 saturated carbocycles. The number of sulfonamides is 1. The van der Waals surface area contributed by atoms with E-state index in [0.29, 0.717) is 18.0 Å². The van der Waals surface area contributed by atoms with Gasteiger partial charge in [0.2, 0.25) is 15.9 Å². The van der Waals surface area contributed by atoms with Crippen molar-refractivity contribution in [2.24, 2.45) is 5.92 Å². The summed E-state index contributed by atoms with van der Waals surface area (Å²) in [6.45, 7) is 2.70. The van der Waals surface area contributed by atoms with E-state index in [9.17, 15) is 13.2 Å². The Hall–Kier alpha value is -1.89. The van der Waals surface area contributed by atoms with Gasteiger partial charge in [-0.05, 0) is 43.2 Å². The third-order valence-corrected chi connectivity index (χ3v) is 5.88. The number of anilines is 1. The first-order valence-electron chi connectivity index (χ1n) is 7.97. The lowest BCUT2D eigenvalue weighted by Crippen LogP contribution is -2.31. The highest BCUT2D eigenvalue weighted by Gasteiger charge is 2.31. The third-order valence-electron chi connectivity index (χ3n) is 4.22. The van der Waals surface area contributed by atoms with Gasteiger partial charge in [0.25, 0.3) is 0 Å². The Kier molecular flexibility index (Phi) is 5.13. The van der Waals surface area contributed by atoms with Crippen molar-refractivity contribution in [2.75, 3.05) is 18.0 Å². The number of carbonyl (C=O) groups is 1. The second-order valence-corrected chi connectivity index (χ2v) is 8.42. The summed E-state index contributed by atoms with van der Waals surface area (Å²) in [5, 5.41) is 0.365. The van der Waals surface area contributed by atoms with Gasteiger partial charge in [-0.15, -0.1) is 0 Å². The lowest BCUT2D eigenvalue weighted by atomic mass is 10.1. The van der Waals surface area contributed by atoms with E-state index in [1.165, 1.54) is 12.1 Å². The maximum absolute atomic E-state index is 12.3. The van der Waals surface area contributed by atoms with Crippen molar-refractivity contribution in [2.45, 2.75) is 18.2 Å². The summed E-state index contributed by atoms with van der Waals surface area (Å²) >= 11 is 5.85. The minimum absolute atomic E-state index is 0.0100. The summed E-state index contributed by atoms with van der Waals surface area (Å²) in [7, 11) is -3.64. The Bertz CT molecular complexity index is 881. The number of amides is 1. The quantitative estimate of drug-likeness (QED) is 0.869. The van der Waals surface area contributed by atoms with E-state index in [1.54, 1.807) is 17.0 Å². The number of rotatable bonds is 5. The molecule has 0 spiro atoms. The number of benzene rings is 2. The smallest absolute Gasteiger partial charge is 0.240 e. The number of carbonyl (C=O) groups excluding carboxylic acids is 1. The normalized spacial score (nSPS) is 17.9. The number of aryl methyl sites for hydroxylation is 1. The van der Waals surface area contributed by atoms with Gasteiger partial charge in [-0.2, -0.15) is 0 Å². The topological polar surface area (TPSA) is 66.5 Å². The van der Waals surface area contributed by atoms with Crippen LogP contribution in [0.15, 0.2) is 53.4 Å². The predicted molar refractivity (Wildman–Crippen MR) is 98.3 cm³/mol. The van der Waals surface area contributed by atoms with Gasteiger partial charge in [0.1, 0.15) is 0 Å². The van der Waals surface area contributed by atoms with E-state index in [4.69, 9.17) is 11.6 Å². The molecular weight excluding hydrogens is 360 g/mol. The molecular formula is C18H19ClN2O3S. The SMILES string of the molecule is Cc1ccc(N2C[C@H](CNS(=O)(=O)c3cccc(Cl)c3)CC2=O)cc1. The zero-order chi connectivity index (χ0) is 18.0. The minimum atomic E-state index is -3.64. The maximum atomic E-state index is 12.3. The van der Waals surface area contributed by atoms with E-state index in [1.807, 2.05) is 31.2 Å². The third kappa shape index (κ3) is 4.21. The second-order valence-electron chi connectivity index (χ2n) is 6.22. The van der Waals surface area contributed by atoms with Gasteiger partial charge >= 0.3 is 0 Å². The van der Waals surface area contributed by atoms with Crippen LogP contribution in [0.3, 0.4) is 0 Å². The molecule has 1 N–H and O–H groups in total. The highest BCUT2D eigenvalue weighted by Crippen LogP contribution is 2.25. The maximum Gasteiger partial charge on any atom is 0.240 e. The van der Waals surface area contributed by atoms with Crippen LogP contribution in [-0.2, 0) is 14.8 Å². The first-order valence-corrected chi connectivity index (χ1v) is 9.83. The molecule has 0 bridgehead atoms. The van der Waals surface area contributed by atoms with Gasteiger partial charge in [-0.1, -0.05) is 35.4 Å². The van der Waals surface area contributed by atoms with Crippen molar-refractivity contribution in [3.05, 3.63) is 59.1 Å². The molecule has 1 atom stereocenters. The van der Waals surface area contributed by atoms with Crippen LogP contribution in [0.5, 0.6) is 0 Å². The zero-order valence-corrected chi connectivity index (χ0v) is 15.3. The van der Waals surface area contributed by atoms with Crippen LogP contribution in [0.4, 0.5) is 5.69 Å². The van der Waals surface area contributed by atoms with Crippen LogP contribution < -0.4 is 9.62 Å². The van der Waals surface area contributed by atoms with E-state index >= 15 is 0 Å². The molecule has 1 amide bonds. The van der Waals surface area contributed by atoms with Crippen molar-refractivity contribution >= 4 is 33.2 Å². The Morgan fingerprint density at radius 2 is 1.92 bits per heavy atom. The number of nitrogens with one attached hydrogen (secondary N) is 1. The van der Waals surface area contributed by atoms with E-state index in [-0.39, 0.29) is 23.3 Å². The number of hydrogen-bond acceptors (Lipinski definition) is 3. The Morgan fingerprint density at radius 3 is 2.60 bits per heavy atom. The largest absolute Gasteiger partial charge is 0.312 e. The lowest BCUT2D eigenvalue weighted by molar-refractivity contribution is -0.117. The summed E-state index contributed by atoms with van der Waals surface area (Å²) < 4.78 is 27.3.